The summed E-state index contributed by atoms with van der Waals surface area (Å²) >= 11 is 0. The molecule has 0 aliphatic heterocycles. The van der Waals surface area contributed by atoms with Crippen LogP contribution in [0.4, 0.5) is 0 Å². The molecule has 0 aromatic heterocycles. The molecule has 0 amide bonds. The molecule has 3 heteroatoms. The highest BCUT2D eigenvalue weighted by Crippen LogP contribution is 2.66. The summed E-state index contributed by atoms with van der Waals surface area (Å²) in [5.41, 5.74) is 0.0440. The van der Waals surface area contributed by atoms with E-state index in [-0.39, 0.29) is 33.5 Å². The van der Waals surface area contributed by atoms with Crippen LogP contribution in [0, 0.1) is 45.3 Å². The molecule has 0 aromatic carbocycles. The first-order valence-corrected chi connectivity index (χ1v) is 10.4. The summed E-state index contributed by atoms with van der Waals surface area (Å²) < 4.78 is 0. The number of carbonyl (C=O) groups excluding carboxylic acids is 2. The molecule has 6 unspecified atom stereocenters. The molecule has 6 atom stereocenters. The van der Waals surface area contributed by atoms with Gasteiger partial charge in [0.2, 0.25) is 0 Å². The largest absolute Gasteiger partial charge is 0.345 e. The van der Waals surface area contributed by atoms with Crippen molar-refractivity contribution < 1.29 is 14.9 Å². The van der Waals surface area contributed by atoms with Gasteiger partial charge in [-0.3, -0.25) is 9.59 Å². The van der Waals surface area contributed by atoms with Gasteiger partial charge < -0.3 is 5.32 Å². The molecule has 3 nitrogen and oxygen atoms in total. The van der Waals surface area contributed by atoms with Gasteiger partial charge in [-0.15, -0.1) is 0 Å². The lowest BCUT2D eigenvalue weighted by Crippen LogP contribution is -2.88. The van der Waals surface area contributed by atoms with Crippen LogP contribution in [0.15, 0.2) is 0 Å². The van der Waals surface area contributed by atoms with E-state index < -0.39 is 0 Å². The lowest BCUT2D eigenvalue weighted by atomic mass is 9.70. The van der Waals surface area contributed by atoms with Crippen molar-refractivity contribution in [3.63, 3.8) is 0 Å². The Bertz CT molecular complexity index is 582. The molecule has 0 saturated heterocycles. The van der Waals surface area contributed by atoms with E-state index in [1.807, 2.05) is 0 Å². The Labute approximate surface area is 152 Å². The summed E-state index contributed by atoms with van der Waals surface area (Å²) in [6, 6.07) is 0. The lowest BCUT2D eigenvalue weighted by Gasteiger charge is -2.32. The van der Waals surface area contributed by atoms with Crippen molar-refractivity contribution in [3.05, 3.63) is 0 Å². The molecular formula is C22H36NO2+. The zero-order valence-electron chi connectivity index (χ0n) is 16.9. The minimum Gasteiger partial charge on any atom is -0.345 e. The van der Waals surface area contributed by atoms with E-state index in [0.29, 0.717) is 23.4 Å². The highest BCUT2D eigenvalue weighted by molar-refractivity contribution is 5.92. The van der Waals surface area contributed by atoms with Crippen LogP contribution in [-0.2, 0) is 9.59 Å². The van der Waals surface area contributed by atoms with Crippen molar-refractivity contribution in [1.82, 2.24) is 0 Å². The zero-order chi connectivity index (χ0) is 18.4. The molecule has 4 bridgehead atoms. The third-order valence-corrected chi connectivity index (χ3v) is 10.2. The fraction of sp³-hybridized carbons (Fsp3) is 0.909. The third-order valence-electron chi connectivity index (χ3n) is 10.2. The van der Waals surface area contributed by atoms with E-state index in [2.05, 4.69) is 46.9 Å². The fourth-order valence-electron chi connectivity index (χ4n) is 7.54. The average Bonchev–Trinajstić information content (AvgIpc) is 3.01. The number of hydrogen-bond donors (Lipinski definition) is 1. The van der Waals surface area contributed by atoms with E-state index in [9.17, 15) is 9.59 Å². The molecular weight excluding hydrogens is 310 g/mol. The van der Waals surface area contributed by atoms with Crippen LogP contribution in [0.5, 0.6) is 0 Å². The number of rotatable bonds is 4. The summed E-state index contributed by atoms with van der Waals surface area (Å²) in [6.07, 6.45) is 4.53. The first kappa shape index (κ1) is 17.7. The average molecular weight is 347 g/mol. The standard InChI is InChI=1S/C22H35NO2/c1-19(2)15-7-9-21(19,5)17(24)13(15)11-23-12-14-16-8-10-22(6,18(14)25)20(16,3)4/h13-16,23H,7-12H2,1-6H3/p+1. The van der Waals surface area contributed by atoms with Gasteiger partial charge >= 0.3 is 0 Å². The molecule has 4 fully saturated rings. The smallest absolute Gasteiger partial charge is 0.148 e. The molecule has 4 aliphatic rings. The summed E-state index contributed by atoms with van der Waals surface area (Å²) in [5, 5.41) is 2.31. The molecule has 0 aromatic rings. The summed E-state index contributed by atoms with van der Waals surface area (Å²) in [5.74, 6) is 2.46. The highest BCUT2D eigenvalue weighted by atomic mass is 16.1. The van der Waals surface area contributed by atoms with Gasteiger partial charge in [-0.1, -0.05) is 41.5 Å². The molecule has 25 heavy (non-hydrogen) atoms. The summed E-state index contributed by atoms with van der Waals surface area (Å²) in [4.78, 5) is 26.0. The second-order valence-electron chi connectivity index (χ2n) is 11.1. The lowest BCUT2D eigenvalue weighted by molar-refractivity contribution is -0.664. The Morgan fingerprint density at radius 2 is 1.12 bits per heavy atom. The molecule has 0 spiro atoms. The molecule has 0 radical (unpaired) electrons. The Balaban J connectivity index is 1.42. The number of Topliss-reactive ketones (excluding diaryl/α,β-unsaturated/α-hetero) is 2. The van der Waals surface area contributed by atoms with E-state index in [0.717, 1.165) is 25.9 Å². The minimum atomic E-state index is -0.117. The van der Waals surface area contributed by atoms with Gasteiger partial charge in [0.25, 0.3) is 0 Å². The second kappa shape index (κ2) is 4.97. The predicted molar refractivity (Wildman–Crippen MR) is 97.9 cm³/mol. The van der Waals surface area contributed by atoms with E-state index in [1.165, 1.54) is 12.8 Å². The van der Waals surface area contributed by atoms with Crippen LogP contribution in [0.3, 0.4) is 0 Å². The van der Waals surface area contributed by atoms with Gasteiger partial charge in [-0.05, 0) is 48.3 Å². The van der Waals surface area contributed by atoms with Crippen molar-refractivity contribution in [1.29, 1.82) is 0 Å². The molecule has 2 N–H and O–H groups in total. The van der Waals surface area contributed by atoms with Crippen molar-refractivity contribution in [2.45, 2.75) is 67.2 Å². The monoisotopic (exact) mass is 346 g/mol. The Kier molecular flexibility index (Phi) is 3.52. The maximum Gasteiger partial charge on any atom is 0.148 e. The molecule has 140 valence electrons. The topological polar surface area (TPSA) is 50.8 Å². The maximum absolute atomic E-state index is 13.0. The van der Waals surface area contributed by atoms with E-state index in [4.69, 9.17) is 0 Å². The normalized spacial score (nSPS) is 49.4. The predicted octanol–water partition coefficient (Wildman–Crippen LogP) is 2.83. The number of carbonyl (C=O) groups is 2. The third kappa shape index (κ3) is 1.86. The van der Waals surface area contributed by atoms with Crippen LogP contribution in [0.25, 0.3) is 0 Å². The quantitative estimate of drug-likeness (QED) is 0.851. The highest BCUT2D eigenvalue weighted by Gasteiger charge is 2.68. The summed E-state index contributed by atoms with van der Waals surface area (Å²) in [6.45, 7) is 15.3. The zero-order valence-corrected chi connectivity index (χ0v) is 16.9. The van der Waals surface area contributed by atoms with Crippen molar-refractivity contribution in [2.75, 3.05) is 13.1 Å². The van der Waals surface area contributed by atoms with Crippen molar-refractivity contribution >= 4 is 11.6 Å². The Hall–Kier alpha value is -0.700. The molecule has 4 saturated carbocycles. The first-order valence-electron chi connectivity index (χ1n) is 10.4. The molecule has 4 aliphatic carbocycles. The maximum atomic E-state index is 13.0. The molecule has 4 rings (SSSR count). The number of hydrogen-bond acceptors (Lipinski definition) is 2. The van der Waals surface area contributed by atoms with Crippen molar-refractivity contribution in [3.8, 4) is 0 Å². The van der Waals surface area contributed by atoms with Gasteiger partial charge in [0.05, 0.1) is 24.9 Å². The van der Waals surface area contributed by atoms with E-state index in [1.54, 1.807) is 0 Å². The number of ketones is 2. The number of quaternary nitrogens is 1. The van der Waals surface area contributed by atoms with E-state index >= 15 is 0 Å². The number of fused-ring (bicyclic) bond motifs is 4. The van der Waals surface area contributed by atoms with Crippen LogP contribution < -0.4 is 5.32 Å². The fourth-order valence-corrected chi connectivity index (χ4v) is 7.54. The van der Waals surface area contributed by atoms with Gasteiger partial charge in [-0.2, -0.15) is 0 Å². The van der Waals surface area contributed by atoms with Crippen LogP contribution >= 0.6 is 0 Å². The van der Waals surface area contributed by atoms with Crippen LogP contribution in [-0.4, -0.2) is 24.7 Å². The molecule has 0 heterocycles. The van der Waals surface area contributed by atoms with Gasteiger partial charge in [-0.25, -0.2) is 0 Å². The van der Waals surface area contributed by atoms with Crippen LogP contribution in [0.2, 0.25) is 0 Å². The second-order valence-corrected chi connectivity index (χ2v) is 11.1. The van der Waals surface area contributed by atoms with Crippen LogP contribution in [0.1, 0.15) is 67.2 Å². The first-order chi connectivity index (χ1) is 11.5. The SMILES string of the molecule is CC12CCC(C(C[NH2+]CC3C(=O)C4(C)CCC3C4(C)C)C1=O)C2(C)C. The van der Waals surface area contributed by atoms with Crippen molar-refractivity contribution in [2.24, 2.45) is 45.3 Å². The van der Waals surface area contributed by atoms with Gasteiger partial charge in [0.15, 0.2) is 0 Å². The minimum absolute atomic E-state index is 0.117. The Morgan fingerprint density at radius 3 is 1.40 bits per heavy atom. The van der Waals surface area contributed by atoms with Gasteiger partial charge in [0, 0.05) is 10.8 Å². The number of nitrogens with two attached hydrogens (primary N) is 1. The Morgan fingerprint density at radius 1 is 0.760 bits per heavy atom. The summed E-state index contributed by atoms with van der Waals surface area (Å²) in [7, 11) is 0. The van der Waals surface area contributed by atoms with Gasteiger partial charge in [0.1, 0.15) is 11.6 Å².